The second kappa shape index (κ2) is 3.92. The van der Waals surface area contributed by atoms with Crippen LogP contribution in [0, 0.1) is 6.92 Å². The van der Waals surface area contributed by atoms with Crippen molar-refractivity contribution in [2.45, 2.75) is 25.9 Å². The molecule has 4 heteroatoms. The van der Waals surface area contributed by atoms with Crippen LogP contribution in [-0.2, 0) is 0 Å². The minimum absolute atomic E-state index is 0.127. The Labute approximate surface area is 83.6 Å². The molecule has 2 heterocycles. The molecule has 0 aromatic carbocycles. The van der Waals surface area contributed by atoms with Crippen LogP contribution in [0.2, 0.25) is 0 Å². The van der Waals surface area contributed by atoms with Crippen molar-refractivity contribution >= 4 is 5.69 Å². The molecule has 4 nitrogen and oxygen atoms in total. The number of aryl methyl sites for hydroxylation is 1. The Hall–Kier alpha value is -1.16. The average Bonchev–Trinajstić information content (AvgIpc) is 2.21. The molecule has 0 aliphatic carbocycles. The number of anilines is 1. The van der Waals surface area contributed by atoms with Gasteiger partial charge in [0.1, 0.15) is 5.82 Å². The van der Waals surface area contributed by atoms with Crippen LogP contribution in [0.5, 0.6) is 0 Å². The molecule has 0 atom stereocenters. The number of hydrogen-bond donors (Lipinski definition) is 1. The van der Waals surface area contributed by atoms with Gasteiger partial charge in [-0.3, -0.25) is 0 Å². The Bertz CT molecular complexity index is 291. The van der Waals surface area contributed by atoms with Gasteiger partial charge in [-0.25, -0.2) is 9.97 Å². The number of aliphatic hydroxyl groups is 1. The zero-order valence-electron chi connectivity index (χ0n) is 8.35. The molecule has 0 radical (unpaired) electrons. The van der Waals surface area contributed by atoms with E-state index in [-0.39, 0.29) is 6.10 Å². The maximum Gasteiger partial charge on any atom is 0.125 e. The predicted molar refractivity (Wildman–Crippen MR) is 54.2 cm³/mol. The third-order valence-corrected chi connectivity index (χ3v) is 2.60. The monoisotopic (exact) mass is 193 g/mol. The van der Waals surface area contributed by atoms with E-state index in [1.165, 1.54) is 0 Å². The zero-order valence-corrected chi connectivity index (χ0v) is 8.35. The predicted octanol–water partition coefficient (Wildman–Crippen LogP) is 0.746. The first-order valence-electron chi connectivity index (χ1n) is 4.97. The van der Waals surface area contributed by atoms with Crippen molar-refractivity contribution in [1.29, 1.82) is 0 Å². The van der Waals surface area contributed by atoms with Crippen LogP contribution < -0.4 is 4.90 Å². The first-order valence-corrected chi connectivity index (χ1v) is 4.97. The maximum atomic E-state index is 9.36. The van der Waals surface area contributed by atoms with Crippen molar-refractivity contribution in [3.63, 3.8) is 0 Å². The highest BCUT2D eigenvalue weighted by molar-refractivity contribution is 5.42. The van der Waals surface area contributed by atoms with E-state index in [4.69, 9.17) is 0 Å². The molecule has 0 unspecified atom stereocenters. The molecule has 1 N–H and O–H groups in total. The molecule has 76 valence electrons. The molecule has 1 saturated heterocycles. The summed E-state index contributed by atoms with van der Waals surface area (Å²) >= 11 is 0. The largest absolute Gasteiger partial charge is 0.393 e. The van der Waals surface area contributed by atoms with Gasteiger partial charge in [0, 0.05) is 13.1 Å². The van der Waals surface area contributed by atoms with Gasteiger partial charge in [0.25, 0.3) is 0 Å². The molecular weight excluding hydrogens is 178 g/mol. The Morgan fingerprint density at radius 2 is 1.86 bits per heavy atom. The molecule has 2 rings (SSSR count). The third kappa shape index (κ3) is 2.01. The van der Waals surface area contributed by atoms with E-state index < -0.39 is 0 Å². The summed E-state index contributed by atoms with van der Waals surface area (Å²) in [5.41, 5.74) is 1.06. The van der Waals surface area contributed by atoms with E-state index in [2.05, 4.69) is 14.9 Å². The molecule has 1 aliphatic heterocycles. The van der Waals surface area contributed by atoms with Gasteiger partial charge in [0.2, 0.25) is 0 Å². The van der Waals surface area contributed by atoms with Gasteiger partial charge < -0.3 is 10.0 Å². The summed E-state index contributed by atoms with van der Waals surface area (Å²) in [6.45, 7) is 3.67. The van der Waals surface area contributed by atoms with Crippen molar-refractivity contribution in [2.75, 3.05) is 18.0 Å². The Morgan fingerprint density at radius 1 is 1.29 bits per heavy atom. The maximum absolute atomic E-state index is 9.36. The van der Waals surface area contributed by atoms with Crippen LogP contribution >= 0.6 is 0 Å². The second-order valence-electron chi connectivity index (χ2n) is 3.71. The Kier molecular flexibility index (Phi) is 2.63. The van der Waals surface area contributed by atoms with Gasteiger partial charge in [0.05, 0.1) is 24.2 Å². The molecule has 1 fully saturated rings. The Morgan fingerprint density at radius 3 is 2.43 bits per heavy atom. The average molecular weight is 193 g/mol. The number of rotatable bonds is 1. The van der Waals surface area contributed by atoms with Crippen molar-refractivity contribution < 1.29 is 5.11 Å². The summed E-state index contributed by atoms with van der Waals surface area (Å²) in [6, 6.07) is 0. The smallest absolute Gasteiger partial charge is 0.125 e. The fourth-order valence-electron chi connectivity index (χ4n) is 1.67. The summed E-state index contributed by atoms with van der Waals surface area (Å²) in [5, 5.41) is 9.36. The van der Waals surface area contributed by atoms with Crippen molar-refractivity contribution in [3.05, 3.63) is 18.2 Å². The molecule has 14 heavy (non-hydrogen) atoms. The minimum Gasteiger partial charge on any atom is -0.393 e. The number of aliphatic hydroxyl groups excluding tert-OH is 1. The third-order valence-electron chi connectivity index (χ3n) is 2.60. The van der Waals surface area contributed by atoms with Gasteiger partial charge in [-0.2, -0.15) is 0 Å². The first-order chi connectivity index (χ1) is 6.75. The SMILES string of the molecule is Cc1ncc(N2CCC(O)CC2)cn1. The molecule has 1 aromatic rings. The van der Waals surface area contributed by atoms with Crippen LogP contribution in [0.25, 0.3) is 0 Å². The molecule has 1 aliphatic rings. The van der Waals surface area contributed by atoms with E-state index in [1.54, 1.807) is 0 Å². The van der Waals surface area contributed by atoms with Gasteiger partial charge in [0.15, 0.2) is 0 Å². The van der Waals surface area contributed by atoms with Crippen molar-refractivity contribution in [3.8, 4) is 0 Å². The summed E-state index contributed by atoms with van der Waals surface area (Å²) < 4.78 is 0. The summed E-state index contributed by atoms with van der Waals surface area (Å²) in [6.07, 6.45) is 5.25. The molecule has 0 spiro atoms. The van der Waals surface area contributed by atoms with E-state index in [9.17, 15) is 5.11 Å². The summed E-state index contributed by atoms with van der Waals surface area (Å²) in [5.74, 6) is 0.797. The lowest BCUT2D eigenvalue weighted by Gasteiger charge is -2.30. The standard InChI is InChI=1S/C10H15N3O/c1-8-11-6-9(7-12-8)13-4-2-10(14)3-5-13/h6-7,10,14H,2-5H2,1H3. The fourth-order valence-corrected chi connectivity index (χ4v) is 1.67. The normalized spacial score (nSPS) is 18.6. The summed E-state index contributed by atoms with van der Waals surface area (Å²) in [4.78, 5) is 10.5. The molecule has 0 amide bonds. The molecule has 0 bridgehead atoms. The number of nitrogens with zero attached hydrogens (tertiary/aromatic N) is 3. The van der Waals surface area contributed by atoms with Crippen molar-refractivity contribution in [1.82, 2.24) is 9.97 Å². The van der Waals surface area contributed by atoms with Gasteiger partial charge in [-0.1, -0.05) is 0 Å². The topological polar surface area (TPSA) is 49.2 Å². The minimum atomic E-state index is -0.127. The van der Waals surface area contributed by atoms with Crippen molar-refractivity contribution in [2.24, 2.45) is 0 Å². The number of aromatic nitrogens is 2. The van der Waals surface area contributed by atoms with Gasteiger partial charge in [-0.15, -0.1) is 0 Å². The lowest BCUT2D eigenvalue weighted by molar-refractivity contribution is 0.145. The van der Waals surface area contributed by atoms with Gasteiger partial charge >= 0.3 is 0 Å². The van der Waals surface area contributed by atoms with Crippen LogP contribution in [0.1, 0.15) is 18.7 Å². The highest BCUT2D eigenvalue weighted by Crippen LogP contribution is 2.17. The molecular formula is C10H15N3O. The van der Waals surface area contributed by atoms with Crippen LogP contribution in [0.4, 0.5) is 5.69 Å². The molecule has 1 aromatic heterocycles. The van der Waals surface area contributed by atoms with Crippen LogP contribution in [-0.4, -0.2) is 34.3 Å². The Balaban J connectivity index is 2.05. The number of piperidine rings is 1. The highest BCUT2D eigenvalue weighted by atomic mass is 16.3. The van der Waals surface area contributed by atoms with Crippen LogP contribution in [0.15, 0.2) is 12.4 Å². The van der Waals surface area contributed by atoms with Crippen LogP contribution in [0.3, 0.4) is 0 Å². The lowest BCUT2D eigenvalue weighted by Crippen LogP contribution is -2.35. The molecule has 0 saturated carbocycles. The fraction of sp³-hybridized carbons (Fsp3) is 0.600. The zero-order chi connectivity index (χ0) is 9.97. The first kappa shape index (κ1) is 9.40. The highest BCUT2D eigenvalue weighted by Gasteiger charge is 2.17. The lowest BCUT2D eigenvalue weighted by atomic mass is 10.1. The van der Waals surface area contributed by atoms with E-state index in [1.807, 2.05) is 19.3 Å². The summed E-state index contributed by atoms with van der Waals surface area (Å²) in [7, 11) is 0. The quantitative estimate of drug-likeness (QED) is 0.715. The second-order valence-corrected chi connectivity index (χ2v) is 3.71. The van der Waals surface area contributed by atoms with E-state index in [0.29, 0.717) is 0 Å². The number of hydrogen-bond acceptors (Lipinski definition) is 4. The van der Waals surface area contributed by atoms with E-state index in [0.717, 1.165) is 37.4 Å². The van der Waals surface area contributed by atoms with Gasteiger partial charge in [-0.05, 0) is 19.8 Å². The van der Waals surface area contributed by atoms with E-state index >= 15 is 0 Å².